The highest BCUT2D eigenvalue weighted by Crippen LogP contribution is 2.33. The van der Waals surface area contributed by atoms with E-state index in [1.165, 1.54) is 5.56 Å². The molecule has 42 heavy (non-hydrogen) atoms. The summed E-state index contributed by atoms with van der Waals surface area (Å²) < 4.78 is 17.7. The summed E-state index contributed by atoms with van der Waals surface area (Å²) in [6.45, 7) is 1.90. The number of nitrogens with zero attached hydrogens (tertiary/aromatic N) is 3. The third kappa shape index (κ3) is 5.00. The second-order valence-electron chi connectivity index (χ2n) is 10.9. The lowest BCUT2D eigenvalue weighted by molar-refractivity contribution is 0.00863. The van der Waals surface area contributed by atoms with E-state index in [1.54, 1.807) is 6.07 Å². The van der Waals surface area contributed by atoms with Crippen LogP contribution < -0.4 is 4.74 Å². The van der Waals surface area contributed by atoms with E-state index in [-0.39, 0.29) is 30.5 Å². The van der Waals surface area contributed by atoms with E-state index in [4.69, 9.17) is 24.2 Å². The van der Waals surface area contributed by atoms with Gasteiger partial charge in [0.15, 0.2) is 6.10 Å². The zero-order valence-corrected chi connectivity index (χ0v) is 22.9. The van der Waals surface area contributed by atoms with Crippen LogP contribution in [-0.2, 0) is 22.3 Å². The second kappa shape index (κ2) is 11.2. The summed E-state index contributed by atoms with van der Waals surface area (Å²) in [4.78, 5) is 24.9. The highest BCUT2D eigenvalue weighted by molar-refractivity contribution is 6.15. The molecule has 214 valence electrons. The molecular formula is C33H31N3O6. The molecule has 0 spiro atoms. The Morgan fingerprint density at radius 2 is 1.81 bits per heavy atom. The number of para-hydroxylation sites is 1. The monoisotopic (exact) mass is 565 g/mol. The number of aliphatic hydroxyl groups excluding tert-OH is 1. The van der Waals surface area contributed by atoms with Gasteiger partial charge >= 0.3 is 5.97 Å². The molecule has 0 amide bonds. The number of benzene rings is 3. The van der Waals surface area contributed by atoms with Crippen molar-refractivity contribution in [2.24, 2.45) is 4.99 Å². The van der Waals surface area contributed by atoms with E-state index < -0.39 is 12.1 Å². The Bertz CT molecular complexity index is 1660. The quantitative estimate of drug-likeness (QED) is 0.346. The number of aromatic nitrogens is 1. The molecule has 9 heteroatoms. The lowest BCUT2D eigenvalue weighted by Gasteiger charge is -2.33. The number of fused-ring (bicyclic) bond motifs is 3. The molecule has 2 saturated heterocycles. The van der Waals surface area contributed by atoms with Crippen molar-refractivity contribution in [2.45, 2.75) is 37.3 Å². The number of carboxylic acid groups (broad SMARTS) is 1. The maximum Gasteiger partial charge on any atom is 0.337 e. The SMILES string of the molecule is O=C(O)c1c2c(nc3ccccc13)CCN(CCc1ccccc1)/C2=N\c1cccc(O[C@H]2CO[C@H]3[C@@H]2OC[C@@H]3O)c1. The van der Waals surface area contributed by atoms with Crippen LogP contribution in [0.3, 0.4) is 0 Å². The fraction of sp³-hybridized carbons (Fsp3) is 0.303. The zero-order chi connectivity index (χ0) is 28.6. The third-order valence-corrected chi connectivity index (χ3v) is 8.16. The molecule has 3 aliphatic heterocycles. The largest absolute Gasteiger partial charge is 0.485 e. The van der Waals surface area contributed by atoms with Crippen molar-refractivity contribution in [1.82, 2.24) is 9.88 Å². The van der Waals surface area contributed by atoms with Crippen LogP contribution in [-0.4, -0.2) is 82.6 Å². The summed E-state index contributed by atoms with van der Waals surface area (Å²) in [6, 6.07) is 25.0. The summed E-state index contributed by atoms with van der Waals surface area (Å²) in [5, 5.41) is 21.1. The number of hydrogen-bond acceptors (Lipinski definition) is 7. The van der Waals surface area contributed by atoms with Crippen LogP contribution in [0.2, 0.25) is 0 Å². The van der Waals surface area contributed by atoms with E-state index in [0.29, 0.717) is 59.9 Å². The molecule has 0 unspecified atom stereocenters. The molecule has 3 aromatic carbocycles. The predicted octanol–water partition coefficient (Wildman–Crippen LogP) is 4.02. The van der Waals surface area contributed by atoms with E-state index in [1.807, 2.05) is 60.7 Å². The van der Waals surface area contributed by atoms with Gasteiger partial charge in [0.05, 0.1) is 41.2 Å². The average molecular weight is 566 g/mol. The van der Waals surface area contributed by atoms with Crippen molar-refractivity contribution in [3.8, 4) is 5.75 Å². The minimum Gasteiger partial charge on any atom is -0.485 e. The Balaban J connectivity index is 1.27. The van der Waals surface area contributed by atoms with E-state index in [9.17, 15) is 15.0 Å². The molecule has 0 saturated carbocycles. The van der Waals surface area contributed by atoms with Gasteiger partial charge in [0.1, 0.15) is 29.9 Å². The van der Waals surface area contributed by atoms with Gasteiger partial charge in [-0.25, -0.2) is 9.79 Å². The topological polar surface area (TPSA) is 114 Å². The number of aliphatic imine (C=N–C) groups is 1. The number of rotatable bonds is 7. The van der Waals surface area contributed by atoms with Crippen molar-refractivity contribution < 1.29 is 29.2 Å². The van der Waals surface area contributed by atoms with Gasteiger partial charge in [-0.3, -0.25) is 4.98 Å². The molecule has 4 aromatic rings. The van der Waals surface area contributed by atoms with Crippen LogP contribution in [0.5, 0.6) is 5.75 Å². The first-order valence-corrected chi connectivity index (χ1v) is 14.3. The normalized spacial score (nSPS) is 24.1. The molecule has 0 aliphatic carbocycles. The zero-order valence-electron chi connectivity index (χ0n) is 22.9. The van der Waals surface area contributed by atoms with Crippen LogP contribution in [0.4, 0.5) is 5.69 Å². The second-order valence-corrected chi connectivity index (χ2v) is 10.9. The van der Waals surface area contributed by atoms with E-state index >= 15 is 0 Å². The summed E-state index contributed by atoms with van der Waals surface area (Å²) in [7, 11) is 0. The maximum atomic E-state index is 12.8. The number of aliphatic hydroxyl groups is 1. The summed E-state index contributed by atoms with van der Waals surface area (Å²) in [6.07, 6.45) is -0.298. The maximum absolute atomic E-state index is 12.8. The highest BCUT2D eigenvalue weighted by atomic mass is 16.6. The molecule has 0 bridgehead atoms. The summed E-state index contributed by atoms with van der Waals surface area (Å²) >= 11 is 0. The molecule has 9 nitrogen and oxygen atoms in total. The van der Waals surface area contributed by atoms with Crippen molar-refractivity contribution in [1.29, 1.82) is 0 Å². The van der Waals surface area contributed by atoms with E-state index in [0.717, 1.165) is 12.1 Å². The number of pyridine rings is 1. The lowest BCUT2D eigenvalue weighted by Crippen LogP contribution is -2.41. The first-order valence-electron chi connectivity index (χ1n) is 14.3. The van der Waals surface area contributed by atoms with Gasteiger partial charge in [0, 0.05) is 31.0 Å². The van der Waals surface area contributed by atoms with E-state index in [2.05, 4.69) is 17.0 Å². The van der Waals surface area contributed by atoms with Gasteiger partial charge < -0.3 is 29.3 Å². The Morgan fingerprint density at radius 1 is 1.00 bits per heavy atom. The fourth-order valence-corrected chi connectivity index (χ4v) is 6.13. The molecule has 0 radical (unpaired) electrons. The van der Waals surface area contributed by atoms with Crippen LogP contribution in [0.15, 0.2) is 83.9 Å². The molecule has 4 heterocycles. The Hall–Kier alpha value is -4.31. The van der Waals surface area contributed by atoms with Crippen molar-refractivity contribution in [3.63, 3.8) is 0 Å². The molecule has 4 atom stereocenters. The van der Waals surface area contributed by atoms with Crippen molar-refractivity contribution in [3.05, 3.63) is 101 Å². The summed E-state index contributed by atoms with van der Waals surface area (Å²) in [5.74, 6) is 0.179. The number of carboxylic acids is 1. The Kier molecular flexibility index (Phi) is 7.07. The summed E-state index contributed by atoms with van der Waals surface area (Å²) in [5.41, 5.74) is 4.01. The minimum atomic E-state index is -1.01. The average Bonchev–Trinajstić information content (AvgIpc) is 3.58. The highest BCUT2D eigenvalue weighted by Gasteiger charge is 2.48. The standard InChI is InChI=1S/C33H31N3O6/c37-26-18-40-31-27(19-41-30(26)31)42-22-10-6-9-21(17-22)34-32-29-25(14-16-36(32)15-13-20-7-2-1-3-8-20)35-24-12-5-4-11-23(24)28(29)33(38)39/h1-12,17,26-27,30-31,37H,13-16,18-19H2,(H,38,39)/b34-32-/t26-,27-,30+,31+/m0/s1. The van der Waals surface area contributed by atoms with Crippen molar-refractivity contribution in [2.75, 3.05) is 26.3 Å². The van der Waals surface area contributed by atoms with Crippen LogP contribution in [0, 0.1) is 0 Å². The van der Waals surface area contributed by atoms with Crippen LogP contribution in [0.1, 0.15) is 27.2 Å². The first-order chi connectivity index (χ1) is 20.5. The molecular weight excluding hydrogens is 534 g/mol. The van der Waals surface area contributed by atoms with Gasteiger partial charge in [-0.1, -0.05) is 54.6 Å². The van der Waals surface area contributed by atoms with Gasteiger partial charge in [-0.15, -0.1) is 0 Å². The molecule has 3 aliphatic rings. The Labute approximate surface area is 243 Å². The molecule has 1 aromatic heterocycles. The Morgan fingerprint density at radius 3 is 2.67 bits per heavy atom. The number of aromatic carboxylic acids is 1. The number of ether oxygens (including phenoxy) is 3. The van der Waals surface area contributed by atoms with Crippen LogP contribution in [0.25, 0.3) is 10.9 Å². The smallest absolute Gasteiger partial charge is 0.337 e. The first kappa shape index (κ1) is 26.6. The molecule has 2 N–H and O–H groups in total. The third-order valence-electron chi connectivity index (χ3n) is 8.16. The number of carbonyl (C=O) groups is 1. The fourth-order valence-electron chi connectivity index (χ4n) is 6.13. The van der Waals surface area contributed by atoms with Gasteiger partial charge in [-0.2, -0.15) is 0 Å². The van der Waals surface area contributed by atoms with Gasteiger partial charge in [-0.05, 0) is 30.2 Å². The molecule has 2 fully saturated rings. The predicted molar refractivity (Wildman–Crippen MR) is 157 cm³/mol. The van der Waals surface area contributed by atoms with Crippen molar-refractivity contribution >= 4 is 28.4 Å². The van der Waals surface area contributed by atoms with Crippen LogP contribution >= 0.6 is 0 Å². The molecule has 7 rings (SSSR count). The number of hydrogen-bond donors (Lipinski definition) is 2. The lowest BCUT2D eigenvalue weighted by atomic mass is 9.94. The number of amidine groups is 1. The van der Waals surface area contributed by atoms with Gasteiger partial charge in [0.2, 0.25) is 0 Å². The minimum absolute atomic E-state index is 0.220. The van der Waals surface area contributed by atoms with Gasteiger partial charge in [0.25, 0.3) is 0 Å².